The van der Waals surface area contributed by atoms with Gasteiger partial charge in [0, 0.05) is 51.8 Å². The number of benzene rings is 3. The topological polar surface area (TPSA) is 272 Å². The van der Waals surface area contributed by atoms with Crippen molar-refractivity contribution >= 4 is 55.0 Å². The number of hydrogen-bond donors (Lipinski definition) is 5. The van der Waals surface area contributed by atoms with Crippen LogP contribution in [0.1, 0.15) is 177 Å². The van der Waals surface area contributed by atoms with Crippen molar-refractivity contribution in [2.75, 3.05) is 60.6 Å². The molecule has 5 N–H and O–H groups in total. The van der Waals surface area contributed by atoms with Crippen LogP contribution in [0, 0.1) is 0 Å². The van der Waals surface area contributed by atoms with Gasteiger partial charge in [-0.15, -0.1) is 24.8 Å². The number of aromatic nitrogens is 6. The molecule has 3 aromatic heterocycles. The normalized spacial score (nSPS) is 12.9. The number of aromatic amines is 3. The Hall–Kier alpha value is -7.95. The van der Waals surface area contributed by atoms with Gasteiger partial charge in [0.25, 0.3) is 11.8 Å². The number of halogens is 2. The molecule has 0 atom stereocenters. The first-order valence-corrected chi connectivity index (χ1v) is 30.3. The molecule has 0 unspecified atom stereocenters. The van der Waals surface area contributed by atoms with E-state index in [0.717, 1.165) is 69.7 Å². The predicted octanol–water partition coefficient (Wildman–Crippen LogP) is 11.3. The molecule has 92 heavy (non-hydrogen) atoms. The van der Waals surface area contributed by atoms with Crippen LogP contribution in [0.5, 0.6) is 17.2 Å². The average Bonchev–Trinajstić information content (AvgIpc) is 1.70. The number of likely N-dealkylation sites (N-methyl/N-ethyl adjacent to an activating group) is 3. The zero-order valence-corrected chi connectivity index (χ0v) is 58.6. The second-order valence-electron chi connectivity index (χ2n) is 27.1. The van der Waals surface area contributed by atoms with Crippen LogP contribution in [-0.4, -0.2) is 152 Å². The highest BCUT2D eigenvalue weighted by atomic mass is 35.5. The number of H-pyrrole nitrogens is 3. The fraction of sp³-hybridized carbons (Fsp3) is 0.522. The number of rotatable bonds is 14. The first-order valence-electron chi connectivity index (χ1n) is 30.3. The number of nitrogens with zero attached hydrogens (tertiary/aromatic N) is 7. The molecule has 0 spiro atoms. The molecule has 0 saturated carbocycles. The minimum absolute atomic E-state index is 0. The van der Waals surface area contributed by atoms with Gasteiger partial charge in [-0.2, -0.15) is 24.9 Å². The maximum Gasteiger partial charge on any atom is 0.410 e. The first kappa shape index (κ1) is 78.3. The van der Waals surface area contributed by atoms with Crippen LogP contribution in [0.4, 0.5) is 9.59 Å². The fourth-order valence-corrected chi connectivity index (χ4v) is 9.57. The van der Waals surface area contributed by atoms with Crippen molar-refractivity contribution in [1.29, 1.82) is 0 Å². The summed E-state index contributed by atoms with van der Waals surface area (Å²) in [6.07, 6.45) is 1.33. The molecule has 0 radical (unpaired) electrons. The molecule has 4 amide bonds. The van der Waals surface area contributed by atoms with E-state index in [4.69, 9.17) is 33.3 Å². The minimum atomic E-state index is -0.573. The molecule has 0 aliphatic carbocycles. The molecular weight excluding hydrogens is 1220 g/mol. The summed E-state index contributed by atoms with van der Waals surface area (Å²) in [5.74, 6) is 2.42. The van der Waals surface area contributed by atoms with E-state index in [1.54, 1.807) is 39.9 Å². The van der Waals surface area contributed by atoms with Crippen LogP contribution in [0.3, 0.4) is 0 Å². The highest BCUT2D eigenvalue weighted by molar-refractivity contribution is 5.94. The first-order chi connectivity index (χ1) is 42.2. The van der Waals surface area contributed by atoms with Gasteiger partial charge in [0.05, 0.1) is 62.5 Å². The molecule has 508 valence electrons. The van der Waals surface area contributed by atoms with Gasteiger partial charge in [0.2, 0.25) is 0 Å². The lowest BCUT2D eigenvalue weighted by Gasteiger charge is -2.24. The van der Waals surface area contributed by atoms with Crippen molar-refractivity contribution in [3.63, 3.8) is 0 Å². The van der Waals surface area contributed by atoms with Gasteiger partial charge >= 0.3 is 18.3 Å². The molecule has 0 fully saturated rings. The summed E-state index contributed by atoms with van der Waals surface area (Å²) < 4.78 is 28.4. The molecule has 6 heterocycles. The van der Waals surface area contributed by atoms with Gasteiger partial charge in [0.15, 0.2) is 11.4 Å². The van der Waals surface area contributed by atoms with E-state index in [2.05, 4.69) is 128 Å². The molecule has 25 heteroatoms. The second kappa shape index (κ2) is 34.6. The van der Waals surface area contributed by atoms with Gasteiger partial charge < -0.3 is 44.1 Å². The molecule has 3 aliphatic rings. The zero-order chi connectivity index (χ0) is 66.8. The standard InChI is InChI=1S/C24H34N4O4.C19H26N4O2.C13H21NO.C10H15N3O2.CO2.2ClH.H2/c1-23(2,3)17-10-8-9-11-19(17)31-13-12-27(7)21(29)20-16-14-28(15-18(16)25-26-20)22(30)32-24(4,5)6;1-19(2,3)14-7-5-6-8-16(14)25-10-9-23(4)18(24)17-13-11-20-12-15(13)21-22-17;1-13(2,3)11-7-5-6-8-12(11)15-10-9-14-4;1-10(2,3)15-9(14)13-5-7-4-11-12-8(7)6-13;2-1-3;;;/h8-11H,12-15H2,1-7H3,(H,25,26);5-8,20H,9-12H2,1-4H3,(H,21,22);5-8,14H,9-10H2,1-4H3;4H,5-6H2,1-3H3,(H,11,12);;3*1H. The van der Waals surface area contributed by atoms with Gasteiger partial charge in [0.1, 0.15) is 48.3 Å². The van der Waals surface area contributed by atoms with Crippen LogP contribution < -0.4 is 24.8 Å². The largest absolute Gasteiger partial charge is 0.492 e. The number of carbonyl (C=O) groups is 4. The lowest BCUT2D eigenvalue weighted by atomic mass is 9.86. The van der Waals surface area contributed by atoms with E-state index in [1.165, 1.54) is 11.1 Å². The number of ether oxygens (including phenoxy) is 5. The molecule has 3 aromatic carbocycles. The SMILES string of the molecule is CC(C)(C)OC(=O)N1Cc2cn[nH]c2C1.CN(CCOc1ccccc1C(C)(C)C)C(=O)c1n[nH]c2c1CN(C(=O)OC(C)(C)C)C2.CN(CCOc1ccccc1C(C)(C)C)C(=O)c1n[nH]c2c1CNC2.CNCCOc1ccccc1C(C)(C)C.Cl.Cl.O=C=O.[HH]. The monoisotopic (exact) mass is 1320 g/mol. The highest BCUT2D eigenvalue weighted by Gasteiger charge is 2.35. The van der Waals surface area contributed by atoms with Crippen LogP contribution in [0.25, 0.3) is 0 Å². The van der Waals surface area contributed by atoms with Crippen molar-refractivity contribution in [3.8, 4) is 17.2 Å². The fourth-order valence-electron chi connectivity index (χ4n) is 9.57. The Kier molecular flexibility index (Phi) is 29.5. The lowest BCUT2D eigenvalue weighted by molar-refractivity contribution is -0.191. The van der Waals surface area contributed by atoms with Gasteiger partial charge in [-0.1, -0.05) is 117 Å². The third-order valence-corrected chi connectivity index (χ3v) is 14.2. The van der Waals surface area contributed by atoms with E-state index >= 15 is 0 Å². The summed E-state index contributed by atoms with van der Waals surface area (Å²) in [4.78, 5) is 72.4. The number of carbonyl (C=O) groups excluding carboxylic acids is 6. The Morgan fingerprint density at radius 2 is 0.935 bits per heavy atom. The van der Waals surface area contributed by atoms with Crippen molar-refractivity contribution in [1.82, 2.24) is 60.8 Å². The Morgan fingerprint density at radius 3 is 1.35 bits per heavy atom. The summed E-state index contributed by atoms with van der Waals surface area (Å²) in [6.45, 7) is 37.1. The Labute approximate surface area is 556 Å². The predicted molar refractivity (Wildman–Crippen MR) is 359 cm³/mol. The van der Waals surface area contributed by atoms with Crippen molar-refractivity contribution in [3.05, 3.63) is 141 Å². The van der Waals surface area contributed by atoms with E-state index in [0.29, 0.717) is 77.0 Å². The second-order valence-corrected chi connectivity index (χ2v) is 27.1. The maximum absolute atomic E-state index is 13.0. The van der Waals surface area contributed by atoms with Crippen molar-refractivity contribution < 1.29 is 53.9 Å². The lowest BCUT2D eigenvalue weighted by Crippen LogP contribution is -2.34. The average molecular weight is 1320 g/mol. The maximum atomic E-state index is 13.0. The van der Waals surface area contributed by atoms with Crippen LogP contribution in [0.2, 0.25) is 0 Å². The number of nitrogens with one attached hydrogen (secondary N) is 5. The van der Waals surface area contributed by atoms with Crippen LogP contribution in [0.15, 0.2) is 79.0 Å². The molecule has 6 aromatic rings. The van der Waals surface area contributed by atoms with Crippen molar-refractivity contribution in [2.45, 2.75) is 171 Å². The number of hydrogen-bond acceptors (Lipinski definition) is 16. The van der Waals surface area contributed by atoms with Crippen molar-refractivity contribution in [2.24, 2.45) is 0 Å². The van der Waals surface area contributed by atoms with Gasteiger partial charge in [-0.3, -0.25) is 34.7 Å². The quantitative estimate of drug-likeness (QED) is 0.0634. The van der Waals surface area contributed by atoms with E-state index in [9.17, 15) is 19.2 Å². The third-order valence-electron chi connectivity index (χ3n) is 14.2. The summed E-state index contributed by atoms with van der Waals surface area (Å²) in [6, 6.07) is 24.3. The zero-order valence-electron chi connectivity index (χ0n) is 56.9. The summed E-state index contributed by atoms with van der Waals surface area (Å²) in [5, 5.41) is 27.3. The molecule has 3 aliphatic heterocycles. The molecule has 0 saturated heterocycles. The summed E-state index contributed by atoms with van der Waals surface area (Å²) in [5.41, 5.74) is 9.08. The Bertz CT molecular complexity index is 3350. The van der Waals surface area contributed by atoms with Gasteiger partial charge in [-0.25, -0.2) is 9.59 Å². The van der Waals surface area contributed by atoms with Gasteiger partial charge in [-0.05, 0) is 99.7 Å². The van der Waals surface area contributed by atoms with E-state index in [1.807, 2.05) is 97.1 Å². The number of para-hydroxylation sites is 3. The summed E-state index contributed by atoms with van der Waals surface area (Å²) >= 11 is 0. The molecular formula is C67H100Cl2N12O11. The third kappa shape index (κ3) is 23.3. The van der Waals surface area contributed by atoms with E-state index in [-0.39, 0.29) is 66.5 Å². The van der Waals surface area contributed by atoms with E-state index < -0.39 is 17.3 Å². The Morgan fingerprint density at radius 1 is 0.543 bits per heavy atom. The minimum Gasteiger partial charge on any atom is -0.492 e. The van der Waals surface area contributed by atoms with Crippen LogP contribution in [-0.2, 0) is 74.6 Å². The number of fused-ring (bicyclic) bond motifs is 3. The molecule has 9 rings (SSSR count). The summed E-state index contributed by atoms with van der Waals surface area (Å²) in [7, 11) is 5.44. The highest BCUT2D eigenvalue weighted by Crippen LogP contribution is 2.34. The molecule has 23 nitrogen and oxygen atoms in total. The van der Waals surface area contributed by atoms with Crippen LogP contribution >= 0.6 is 24.8 Å². The number of amides is 4. The smallest absolute Gasteiger partial charge is 0.410 e. The Balaban J connectivity index is 0.000000431. The molecule has 0 bridgehead atoms.